The van der Waals surface area contributed by atoms with Crippen LogP contribution in [0.15, 0.2) is 18.2 Å². The molecule has 5 heteroatoms. The van der Waals surface area contributed by atoms with Crippen LogP contribution in [-0.4, -0.2) is 51.7 Å². The number of aliphatic hydroxyl groups is 1. The standard InChI is InChI=1S/C34H55NO3S/c1-4-5-21-35(3)32(38)14-12-10-8-6-7-9-11-13-22-39-30-24-25-23-26(36)15-16-27(25)28-19-20-34(2)29(33(28)30)17-18-31(34)37/h15-16,23,28-31,33,36-37H,4-14,17-22,24H2,1-3H3/t28-,29+,30?,31?,33-,34+/m1/s1. The highest BCUT2D eigenvalue weighted by molar-refractivity contribution is 7.99. The van der Waals surface area contributed by atoms with Crippen LogP contribution in [0.2, 0.25) is 0 Å². The highest BCUT2D eigenvalue weighted by Gasteiger charge is 2.56. The molecule has 3 aliphatic rings. The summed E-state index contributed by atoms with van der Waals surface area (Å²) in [7, 11) is 1.94. The van der Waals surface area contributed by atoms with Crippen molar-refractivity contribution in [3.63, 3.8) is 0 Å². The summed E-state index contributed by atoms with van der Waals surface area (Å²) < 4.78 is 0. The smallest absolute Gasteiger partial charge is 0.222 e. The highest BCUT2D eigenvalue weighted by atomic mass is 32.2. The Labute approximate surface area is 242 Å². The Balaban J connectivity index is 1.16. The Bertz CT molecular complexity index is 922. The fourth-order valence-electron chi connectivity index (χ4n) is 8.09. The molecule has 39 heavy (non-hydrogen) atoms. The van der Waals surface area contributed by atoms with Gasteiger partial charge in [-0.3, -0.25) is 4.79 Å². The normalized spacial score (nSPS) is 29.5. The van der Waals surface area contributed by atoms with Crippen molar-refractivity contribution in [2.24, 2.45) is 17.3 Å². The first-order valence-electron chi connectivity index (χ1n) is 16.2. The lowest BCUT2D eigenvalue weighted by molar-refractivity contribution is -0.130. The second kappa shape index (κ2) is 14.6. The predicted octanol–water partition coefficient (Wildman–Crippen LogP) is 8.09. The van der Waals surface area contributed by atoms with Gasteiger partial charge in [-0.15, -0.1) is 0 Å². The van der Waals surface area contributed by atoms with Crippen LogP contribution in [0.25, 0.3) is 0 Å². The Morgan fingerprint density at radius 1 is 1.03 bits per heavy atom. The maximum atomic E-state index is 12.1. The van der Waals surface area contributed by atoms with Gasteiger partial charge in [0.1, 0.15) is 5.75 Å². The minimum atomic E-state index is -0.136. The van der Waals surface area contributed by atoms with E-state index in [9.17, 15) is 15.0 Å². The molecule has 6 atom stereocenters. The molecule has 2 unspecified atom stereocenters. The quantitative estimate of drug-likeness (QED) is 0.214. The van der Waals surface area contributed by atoms with Crippen molar-refractivity contribution in [2.45, 2.75) is 134 Å². The number of thioether (sulfide) groups is 1. The number of amides is 1. The summed E-state index contributed by atoms with van der Waals surface area (Å²) in [5.74, 6) is 3.80. The monoisotopic (exact) mass is 557 g/mol. The van der Waals surface area contributed by atoms with Crippen molar-refractivity contribution in [3.8, 4) is 5.75 Å². The van der Waals surface area contributed by atoms with Gasteiger partial charge < -0.3 is 15.1 Å². The molecule has 1 aromatic rings. The number of phenolic OH excluding ortho intramolecular Hbond substituents is 1. The Kier molecular flexibility index (Phi) is 11.5. The molecule has 2 N–H and O–H groups in total. The fraction of sp³-hybridized carbons (Fsp3) is 0.794. The van der Waals surface area contributed by atoms with Crippen LogP contribution >= 0.6 is 11.8 Å². The number of nitrogens with zero attached hydrogens (tertiary/aromatic N) is 1. The SMILES string of the molecule is CCCCN(C)C(=O)CCCCCCCCCCSC1Cc2cc(O)ccc2[C@H]2CC[C@]3(C)C(O)CC[C@H]3[C@H]12. The van der Waals surface area contributed by atoms with Gasteiger partial charge in [-0.2, -0.15) is 11.8 Å². The number of unbranched alkanes of at least 4 members (excludes halogenated alkanes) is 8. The van der Waals surface area contributed by atoms with E-state index in [-0.39, 0.29) is 11.5 Å². The third-order valence-corrected chi connectivity index (χ3v) is 12.0. The van der Waals surface area contributed by atoms with Gasteiger partial charge in [-0.1, -0.05) is 64.9 Å². The molecule has 0 bridgehead atoms. The summed E-state index contributed by atoms with van der Waals surface area (Å²) in [6.45, 7) is 5.43. The van der Waals surface area contributed by atoms with Crippen LogP contribution < -0.4 is 0 Å². The summed E-state index contributed by atoms with van der Waals surface area (Å²) >= 11 is 2.19. The number of fused-ring (bicyclic) bond motifs is 5. The average Bonchev–Trinajstić information content (AvgIpc) is 3.23. The van der Waals surface area contributed by atoms with Gasteiger partial charge in [0.15, 0.2) is 0 Å². The molecule has 2 fully saturated rings. The predicted molar refractivity (Wildman–Crippen MR) is 164 cm³/mol. The number of hydrogen-bond donors (Lipinski definition) is 2. The first kappa shape index (κ1) is 30.8. The van der Waals surface area contributed by atoms with E-state index in [0.717, 1.165) is 45.1 Å². The van der Waals surface area contributed by atoms with Crippen molar-refractivity contribution >= 4 is 17.7 Å². The topological polar surface area (TPSA) is 60.8 Å². The van der Waals surface area contributed by atoms with Gasteiger partial charge in [0.05, 0.1) is 6.10 Å². The van der Waals surface area contributed by atoms with Gasteiger partial charge in [0, 0.05) is 25.3 Å². The van der Waals surface area contributed by atoms with Gasteiger partial charge in [0.2, 0.25) is 5.91 Å². The third-order valence-electron chi connectivity index (χ3n) is 10.5. The Morgan fingerprint density at radius 2 is 1.74 bits per heavy atom. The van der Waals surface area contributed by atoms with Gasteiger partial charge >= 0.3 is 0 Å². The van der Waals surface area contributed by atoms with Crippen LogP contribution in [0.3, 0.4) is 0 Å². The second-order valence-electron chi connectivity index (χ2n) is 13.2. The summed E-state index contributed by atoms with van der Waals surface area (Å²) in [5.41, 5.74) is 2.93. The van der Waals surface area contributed by atoms with Crippen molar-refractivity contribution in [1.82, 2.24) is 4.90 Å². The number of carbonyl (C=O) groups is 1. The van der Waals surface area contributed by atoms with E-state index < -0.39 is 0 Å². The van der Waals surface area contributed by atoms with Gasteiger partial charge in [-0.25, -0.2) is 0 Å². The Hall–Kier alpha value is -1.20. The van der Waals surface area contributed by atoms with Gasteiger partial charge in [-0.05, 0) is 104 Å². The van der Waals surface area contributed by atoms with Crippen LogP contribution in [-0.2, 0) is 11.2 Å². The first-order valence-corrected chi connectivity index (χ1v) is 17.3. The lowest BCUT2D eigenvalue weighted by Crippen LogP contribution is -2.48. The van der Waals surface area contributed by atoms with E-state index in [4.69, 9.17) is 0 Å². The lowest BCUT2D eigenvalue weighted by atomic mass is 9.55. The van der Waals surface area contributed by atoms with E-state index in [1.54, 1.807) is 0 Å². The van der Waals surface area contributed by atoms with Crippen LogP contribution in [0.4, 0.5) is 0 Å². The molecule has 0 radical (unpaired) electrons. The number of benzene rings is 1. The number of phenols is 1. The van der Waals surface area contributed by atoms with E-state index in [1.807, 2.05) is 24.1 Å². The van der Waals surface area contributed by atoms with Crippen molar-refractivity contribution in [2.75, 3.05) is 19.3 Å². The zero-order valence-electron chi connectivity index (χ0n) is 25.0. The molecule has 1 aromatic carbocycles. The number of aliphatic hydroxyl groups excluding tert-OH is 1. The molecule has 4 nitrogen and oxygen atoms in total. The maximum Gasteiger partial charge on any atom is 0.222 e. The molecule has 0 saturated heterocycles. The fourth-order valence-corrected chi connectivity index (χ4v) is 9.66. The van der Waals surface area contributed by atoms with E-state index >= 15 is 0 Å². The van der Waals surface area contributed by atoms with E-state index in [1.165, 1.54) is 74.7 Å². The molecular weight excluding hydrogens is 502 g/mol. The number of carbonyl (C=O) groups excluding carboxylic acids is 1. The summed E-state index contributed by atoms with van der Waals surface area (Å²) in [5, 5.41) is 21.7. The molecule has 0 aliphatic heterocycles. The zero-order chi connectivity index (χ0) is 27.8. The molecule has 4 rings (SSSR count). The summed E-state index contributed by atoms with van der Waals surface area (Å²) in [4.78, 5) is 14.0. The molecule has 2 saturated carbocycles. The maximum absolute atomic E-state index is 12.1. The van der Waals surface area contributed by atoms with E-state index in [2.05, 4.69) is 31.7 Å². The van der Waals surface area contributed by atoms with Crippen LogP contribution in [0, 0.1) is 17.3 Å². The molecule has 0 spiro atoms. The lowest BCUT2D eigenvalue weighted by Gasteiger charge is -2.52. The third kappa shape index (κ3) is 7.56. The summed E-state index contributed by atoms with van der Waals surface area (Å²) in [6.07, 6.45) is 18.3. The molecule has 0 heterocycles. The highest BCUT2D eigenvalue weighted by Crippen LogP contribution is 2.62. The molecule has 1 amide bonds. The van der Waals surface area contributed by atoms with Crippen molar-refractivity contribution < 1.29 is 15.0 Å². The molecular formula is C34H55NO3S. The second-order valence-corrected chi connectivity index (χ2v) is 14.5. The van der Waals surface area contributed by atoms with Crippen molar-refractivity contribution in [1.29, 1.82) is 0 Å². The minimum Gasteiger partial charge on any atom is -0.508 e. The minimum absolute atomic E-state index is 0.0899. The number of aromatic hydroxyl groups is 1. The zero-order valence-corrected chi connectivity index (χ0v) is 25.8. The number of hydrogen-bond acceptors (Lipinski definition) is 4. The largest absolute Gasteiger partial charge is 0.508 e. The molecule has 220 valence electrons. The Morgan fingerprint density at radius 3 is 2.49 bits per heavy atom. The van der Waals surface area contributed by atoms with Crippen molar-refractivity contribution in [3.05, 3.63) is 29.3 Å². The van der Waals surface area contributed by atoms with Gasteiger partial charge in [0.25, 0.3) is 0 Å². The van der Waals surface area contributed by atoms with Crippen LogP contribution in [0.5, 0.6) is 5.75 Å². The van der Waals surface area contributed by atoms with Crippen LogP contribution in [0.1, 0.15) is 127 Å². The summed E-state index contributed by atoms with van der Waals surface area (Å²) in [6, 6.07) is 6.10. The molecule has 0 aromatic heterocycles. The first-order chi connectivity index (χ1) is 18.8. The average molecular weight is 558 g/mol. The number of rotatable bonds is 15. The van der Waals surface area contributed by atoms with E-state index in [0.29, 0.717) is 41.1 Å². The molecule has 3 aliphatic carbocycles.